The van der Waals surface area contributed by atoms with E-state index < -0.39 is 12.1 Å². The summed E-state index contributed by atoms with van der Waals surface area (Å²) >= 11 is 1.33. The first-order chi connectivity index (χ1) is 14.5. The van der Waals surface area contributed by atoms with Gasteiger partial charge in [0.2, 0.25) is 5.91 Å². The third-order valence-electron chi connectivity index (χ3n) is 5.01. The molecule has 0 aromatic heterocycles. The largest absolute Gasteiger partial charge is 0.445 e. The summed E-state index contributed by atoms with van der Waals surface area (Å²) in [4.78, 5) is 40.8. The van der Waals surface area contributed by atoms with Gasteiger partial charge in [-0.15, -0.1) is 0 Å². The molecule has 1 heterocycles. The number of benzene rings is 1. The fraction of sp³-hybridized carbons (Fsp3) is 0.455. The molecule has 1 aliphatic heterocycles. The van der Waals surface area contributed by atoms with Crippen LogP contribution in [0, 0.1) is 0 Å². The van der Waals surface area contributed by atoms with Gasteiger partial charge in [-0.3, -0.25) is 14.6 Å². The molecule has 1 saturated carbocycles. The summed E-state index contributed by atoms with van der Waals surface area (Å²) in [6.45, 7) is 1.70. The van der Waals surface area contributed by atoms with E-state index in [1.807, 2.05) is 36.4 Å². The fourth-order valence-corrected chi connectivity index (χ4v) is 4.64. The van der Waals surface area contributed by atoms with Crippen molar-refractivity contribution < 1.29 is 19.1 Å². The highest BCUT2D eigenvalue weighted by Gasteiger charge is 2.30. The highest BCUT2D eigenvalue weighted by molar-refractivity contribution is 8.14. The van der Waals surface area contributed by atoms with Crippen LogP contribution in [0.5, 0.6) is 0 Å². The Morgan fingerprint density at radius 2 is 2.03 bits per heavy atom. The predicted octanol–water partition coefficient (Wildman–Crippen LogP) is 3.35. The van der Waals surface area contributed by atoms with Crippen molar-refractivity contribution in [2.45, 2.75) is 63.0 Å². The monoisotopic (exact) mass is 429 g/mol. The SMILES string of the molecule is CC(=O)SC1CCC(NC(=O)[C@H](CC2=CCC=N2)NC(=O)OCc2ccccc2)C1. The number of nitrogens with zero attached hydrogens (tertiary/aromatic N) is 1. The van der Waals surface area contributed by atoms with E-state index in [1.165, 1.54) is 11.8 Å². The van der Waals surface area contributed by atoms with Crippen molar-refractivity contribution in [2.24, 2.45) is 4.99 Å². The maximum Gasteiger partial charge on any atom is 0.408 e. The van der Waals surface area contributed by atoms with Gasteiger partial charge in [0.15, 0.2) is 5.12 Å². The Balaban J connectivity index is 1.54. The summed E-state index contributed by atoms with van der Waals surface area (Å²) in [7, 11) is 0. The number of alkyl carbamates (subject to hydrolysis) is 1. The highest BCUT2D eigenvalue weighted by atomic mass is 32.2. The van der Waals surface area contributed by atoms with Gasteiger partial charge in [0, 0.05) is 43.0 Å². The van der Waals surface area contributed by atoms with Gasteiger partial charge < -0.3 is 15.4 Å². The van der Waals surface area contributed by atoms with Gasteiger partial charge in [-0.1, -0.05) is 48.2 Å². The lowest BCUT2D eigenvalue weighted by Crippen LogP contribution is -2.49. The second kappa shape index (κ2) is 11.0. The Kier molecular flexibility index (Phi) is 8.07. The third kappa shape index (κ3) is 7.02. The minimum Gasteiger partial charge on any atom is -0.445 e. The predicted molar refractivity (Wildman–Crippen MR) is 117 cm³/mol. The normalized spacial score (nSPS) is 21.0. The molecule has 0 saturated heterocycles. The lowest BCUT2D eigenvalue weighted by Gasteiger charge is -2.21. The Hall–Kier alpha value is -2.61. The van der Waals surface area contributed by atoms with Gasteiger partial charge >= 0.3 is 6.09 Å². The van der Waals surface area contributed by atoms with Gasteiger partial charge in [0.25, 0.3) is 0 Å². The topological polar surface area (TPSA) is 96.9 Å². The Bertz CT molecular complexity index is 825. The van der Waals surface area contributed by atoms with E-state index in [-0.39, 0.29) is 28.9 Å². The molecule has 0 bridgehead atoms. The van der Waals surface area contributed by atoms with Gasteiger partial charge in [0.05, 0.1) is 0 Å². The van der Waals surface area contributed by atoms with Crippen LogP contribution in [0.15, 0.2) is 47.1 Å². The lowest BCUT2D eigenvalue weighted by atomic mass is 10.1. The molecule has 1 fully saturated rings. The summed E-state index contributed by atoms with van der Waals surface area (Å²) < 4.78 is 5.28. The molecule has 1 aromatic carbocycles. The average Bonchev–Trinajstić information content (AvgIpc) is 3.38. The molecule has 2 aliphatic rings. The molecule has 3 atom stereocenters. The van der Waals surface area contributed by atoms with Crippen molar-refractivity contribution in [1.82, 2.24) is 10.6 Å². The molecular formula is C22H27N3O4S. The molecule has 2 N–H and O–H groups in total. The van der Waals surface area contributed by atoms with Crippen LogP contribution in [-0.2, 0) is 20.9 Å². The fourth-order valence-electron chi connectivity index (χ4n) is 3.59. The molecule has 8 heteroatoms. The first-order valence-electron chi connectivity index (χ1n) is 10.2. The van der Waals surface area contributed by atoms with Gasteiger partial charge in [-0.2, -0.15) is 0 Å². The smallest absolute Gasteiger partial charge is 0.408 e. The van der Waals surface area contributed by atoms with E-state index in [2.05, 4.69) is 15.6 Å². The Morgan fingerprint density at radius 1 is 1.23 bits per heavy atom. The minimum absolute atomic E-state index is 0.0000445. The van der Waals surface area contributed by atoms with E-state index >= 15 is 0 Å². The molecule has 30 heavy (non-hydrogen) atoms. The van der Waals surface area contributed by atoms with Crippen LogP contribution in [0.2, 0.25) is 0 Å². The summed E-state index contributed by atoms with van der Waals surface area (Å²) in [6.07, 6.45) is 6.57. The summed E-state index contributed by atoms with van der Waals surface area (Å²) in [5.74, 6) is -0.256. The van der Waals surface area contributed by atoms with Crippen molar-refractivity contribution in [3.8, 4) is 0 Å². The van der Waals surface area contributed by atoms with E-state index in [0.717, 1.165) is 36.9 Å². The average molecular weight is 430 g/mol. The van der Waals surface area contributed by atoms with Gasteiger partial charge in [-0.25, -0.2) is 4.79 Å². The van der Waals surface area contributed by atoms with E-state index in [9.17, 15) is 14.4 Å². The van der Waals surface area contributed by atoms with Crippen LogP contribution < -0.4 is 10.6 Å². The molecule has 0 spiro atoms. The van der Waals surface area contributed by atoms with Crippen molar-refractivity contribution in [1.29, 1.82) is 0 Å². The number of hydrogen-bond donors (Lipinski definition) is 2. The number of thioether (sulfide) groups is 1. The summed E-state index contributed by atoms with van der Waals surface area (Å²) in [5.41, 5.74) is 1.65. The first kappa shape index (κ1) is 22.1. The highest BCUT2D eigenvalue weighted by Crippen LogP contribution is 2.30. The molecule has 1 aromatic rings. The summed E-state index contributed by atoms with van der Waals surface area (Å²) in [5, 5.41) is 6.04. The second-order valence-electron chi connectivity index (χ2n) is 7.46. The van der Waals surface area contributed by atoms with E-state index in [0.29, 0.717) is 6.42 Å². The maximum absolute atomic E-state index is 12.9. The number of ether oxygens (including phenoxy) is 1. The molecule has 2 unspecified atom stereocenters. The van der Waals surface area contributed by atoms with Crippen LogP contribution >= 0.6 is 11.8 Å². The van der Waals surface area contributed by atoms with Crippen LogP contribution in [0.1, 0.15) is 44.6 Å². The maximum atomic E-state index is 12.9. The Morgan fingerprint density at radius 3 is 2.73 bits per heavy atom. The number of nitrogens with one attached hydrogen (secondary N) is 2. The first-order valence-corrected chi connectivity index (χ1v) is 11.0. The lowest BCUT2D eigenvalue weighted by molar-refractivity contribution is -0.123. The van der Waals surface area contributed by atoms with E-state index in [4.69, 9.17) is 4.74 Å². The number of rotatable bonds is 8. The minimum atomic E-state index is -0.769. The zero-order chi connectivity index (χ0) is 21.3. The zero-order valence-electron chi connectivity index (χ0n) is 17.0. The number of aliphatic imine (C=N–C) groups is 1. The van der Waals surface area contributed by atoms with Crippen molar-refractivity contribution in [2.75, 3.05) is 0 Å². The van der Waals surface area contributed by atoms with Crippen LogP contribution in [0.4, 0.5) is 4.79 Å². The molecule has 2 amide bonds. The molecule has 160 valence electrons. The van der Waals surface area contributed by atoms with Gasteiger partial charge in [0.1, 0.15) is 12.6 Å². The van der Waals surface area contributed by atoms with E-state index in [1.54, 1.807) is 13.1 Å². The molecule has 0 radical (unpaired) electrons. The van der Waals surface area contributed by atoms with Crippen molar-refractivity contribution in [3.05, 3.63) is 47.7 Å². The van der Waals surface area contributed by atoms with Crippen LogP contribution in [-0.4, -0.2) is 40.7 Å². The van der Waals surface area contributed by atoms with Crippen molar-refractivity contribution in [3.63, 3.8) is 0 Å². The van der Waals surface area contributed by atoms with Crippen LogP contribution in [0.25, 0.3) is 0 Å². The zero-order valence-corrected chi connectivity index (χ0v) is 17.8. The number of amides is 2. The molecule has 7 nitrogen and oxygen atoms in total. The Labute approximate surface area is 180 Å². The van der Waals surface area contributed by atoms with Crippen LogP contribution in [0.3, 0.4) is 0 Å². The third-order valence-corrected chi connectivity index (χ3v) is 6.11. The quantitative estimate of drug-likeness (QED) is 0.661. The number of carbonyl (C=O) groups is 3. The molecule has 1 aliphatic carbocycles. The van der Waals surface area contributed by atoms with Gasteiger partial charge in [-0.05, 0) is 24.8 Å². The number of allylic oxidation sites excluding steroid dienone is 1. The number of carbonyl (C=O) groups excluding carboxylic acids is 3. The number of hydrogen-bond acceptors (Lipinski definition) is 6. The molecule has 3 rings (SSSR count). The van der Waals surface area contributed by atoms with Crippen molar-refractivity contribution >= 4 is 35.1 Å². The molecular weight excluding hydrogens is 402 g/mol. The second-order valence-corrected chi connectivity index (χ2v) is 8.93. The summed E-state index contributed by atoms with van der Waals surface area (Å²) in [6, 6.07) is 8.60. The standard InChI is InChI=1S/C22H27N3O4S/c1-15(26)30-19-10-9-18(12-19)24-21(27)20(13-17-8-5-11-23-17)25-22(28)29-14-16-6-3-2-4-7-16/h2-4,6-8,11,18-20H,5,9-10,12-14H2,1H3,(H,24,27)(H,25,28)/t18?,19?,20-/m0/s1.